The summed E-state index contributed by atoms with van der Waals surface area (Å²) in [6.45, 7) is 0.506. The number of aromatic nitrogens is 2. The number of hydrogen-bond donors (Lipinski definition) is 1. The van der Waals surface area contributed by atoms with Crippen molar-refractivity contribution in [1.29, 1.82) is 0 Å². The van der Waals surface area contributed by atoms with Gasteiger partial charge in [0.25, 0.3) is 0 Å². The Balaban J connectivity index is 1.52. The van der Waals surface area contributed by atoms with E-state index in [0.717, 1.165) is 27.6 Å². The zero-order chi connectivity index (χ0) is 18.5. The highest BCUT2D eigenvalue weighted by Gasteiger charge is 2.12. The number of para-hydroxylation sites is 1. The average Bonchev–Trinajstić information content (AvgIpc) is 3.17. The van der Waals surface area contributed by atoms with Crippen LogP contribution in [-0.4, -0.2) is 10.2 Å². The van der Waals surface area contributed by atoms with Crippen LogP contribution in [0.15, 0.2) is 78.9 Å². The third-order valence-corrected chi connectivity index (χ3v) is 5.00. The van der Waals surface area contributed by atoms with Crippen molar-refractivity contribution >= 4 is 33.8 Å². The fourth-order valence-corrected chi connectivity index (χ4v) is 3.46. The number of nitrogens with zero attached hydrogens (tertiary/aromatic N) is 2. The van der Waals surface area contributed by atoms with Crippen molar-refractivity contribution in [2.75, 3.05) is 5.32 Å². The number of anilines is 2. The molecule has 134 valence electrons. The summed E-state index contributed by atoms with van der Waals surface area (Å²) in [7, 11) is 0. The van der Waals surface area contributed by atoms with Gasteiger partial charge in [-0.3, -0.25) is 0 Å². The van der Waals surface area contributed by atoms with Crippen LogP contribution in [0.4, 0.5) is 10.8 Å². The lowest BCUT2D eigenvalue weighted by molar-refractivity contribution is 0.307. The first-order chi connectivity index (χ1) is 13.3. The number of rotatable bonds is 6. The monoisotopic (exact) mass is 393 g/mol. The Morgan fingerprint density at radius 1 is 0.852 bits per heavy atom. The molecule has 4 nitrogen and oxygen atoms in total. The van der Waals surface area contributed by atoms with Gasteiger partial charge in [0.05, 0.1) is 5.56 Å². The van der Waals surface area contributed by atoms with Crippen LogP contribution in [0.3, 0.4) is 0 Å². The summed E-state index contributed by atoms with van der Waals surface area (Å²) < 4.78 is 6.02. The zero-order valence-electron chi connectivity index (χ0n) is 14.3. The Bertz CT molecular complexity index is 1020. The van der Waals surface area contributed by atoms with Gasteiger partial charge in [-0.15, -0.1) is 10.2 Å². The van der Waals surface area contributed by atoms with Gasteiger partial charge in [-0.1, -0.05) is 65.4 Å². The second-order valence-corrected chi connectivity index (χ2v) is 7.23. The van der Waals surface area contributed by atoms with Gasteiger partial charge in [-0.05, 0) is 42.0 Å². The molecule has 0 radical (unpaired) electrons. The van der Waals surface area contributed by atoms with Gasteiger partial charge < -0.3 is 10.1 Å². The first-order valence-electron chi connectivity index (χ1n) is 8.40. The molecule has 1 aromatic heterocycles. The minimum Gasteiger partial charge on any atom is -0.488 e. The molecule has 0 spiro atoms. The molecular weight excluding hydrogens is 378 g/mol. The second kappa shape index (κ2) is 8.20. The van der Waals surface area contributed by atoms with Crippen LogP contribution >= 0.6 is 22.9 Å². The summed E-state index contributed by atoms with van der Waals surface area (Å²) in [6.07, 6.45) is 0. The zero-order valence-corrected chi connectivity index (χ0v) is 15.9. The van der Waals surface area contributed by atoms with Crippen molar-refractivity contribution in [3.8, 4) is 16.3 Å². The number of hydrogen-bond acceptors (Lipinski definition) is 5. The van der Waals surface area contributed by atoms with Gasteiger partial charge in [-0.25, -0.2) is 0 Å². The SMILES string of the molecule is Clc1ccc(Nc2nnc(-c3ccccc3OCc3ccccc3)s2)cc1. The van der Waals surface area contributed by atoms with E-state index >= 15 is 0 Å². The lowest BCUT2D eigenvalue weighted by atomic mass is 10.2. The summed E-state index contributed by atoms with van der Waals surface area (Å²) >= 11 is 7.40. The third-order valence-electron chi connectivity index (χ3n) is 3.88. The highest BCUT2D eigenvalue weighted by molar-refractivity contribution is 7.18. The molecule has 0 atom stereocenters. The van der Waals surface area contributed by atoms with E-state index in [1.165, 1.54) is 11.3 Å². The fourth-order valence-electron chi connectivity index (χ4n) is 2.54. The number of ether oxygens (including phenoxy) is 1. The van der Waals surface area contributed by atoms with Crippen LogP contribution in [0.2, 0.25) is 5.02 Å². The van der Waals surface area contributed by atoms with Crippen LogP contribution in [0.25, 0.3) is 10.6 Å². The van der Waals surface area contributed by atoms with Crippen LogP contribution in [0.1, 0.15) is 5.56 Å². The molecule has 0 bridgehead atoms. The lowest BCUT2D eigenvalue weighted by Crippen LogP contribution is -1.96. The molecule has 0 saturated carbocycles. The highest BCUT2D eigenvalue weighted by atomic mass is 35.5. The Morgan fingerprint density at radius 3 is 2.41 bits per heavy atom. The van der Waals surface area contributed by atoms with E-state index in [4.69, 9.17) is 16.3 Å². The molecule has 0 unspecified atom stereocenters. The fraction of sp³-hybridized carbons (Fsp3) is 0.0476. The van der Waals surface area contributed by atoms with Crippen LogP contribution in [0.5, 0.6) is 5.75 Å². The first kappa shape index (κ1) is 17.5. The minimum absolute atomic E-state index is 0.506. The largest absolute Gasteiger partial charge is 0.488 e. The molecule has 4 aromatic rings. The molecule has 0 aliphatic carbocycles. The van der Waals surface area contributed by atoms with E-state index in [0.29, 0.717) is 16.8 Å². The van der Waals surface area contributed by atoms with Gasteiger partial charge in [0.1, 0.15) is 12.4 Å². The van der Waals surface area contributed by atoms with Gasteiger partial charge in [0, 0.05) is 10.7 Å². The maximum absolute atomic E-state index is 6.02. The van der Waals surface area contributed by atoms with Gasteiger partial charge in [0.15, 0.2) is 5.01 Å². The van der Waals surface area contributed by atoms with E-state index in [-0.39, 0.29) is 0 Å². The summed E-state index contributed by atoms with van der Waals surface area (Å²) in [5.74, 6) is 0.788. The number of benzene rings is 3. The topological polar surface area (TPSA) is 47.0 Å². The molecule has 0 amide bonds. The van der Waals surface area contributed by atoms with Gasteiger partial charge in [-0.2, -0.15) is 0 Å². The van der Waals surface area contributed by atoms with Crippen molar-refractivity contribution in [3.05, 3.63) is 89.4 Å². The summed E-state index contributed by atoms with van der Waals surface area (Å²) in [6, 6.07) is 25.4. The third kappa shape index (κ3) is 4.45. The van der Waals surface area contributed by atoms with Gasteiger partial charge in [0.2, 0.25) is 5.13 Å². The average molecular weight is 394 g/mol. The van der Waals surface area contributed by atoms with Crippen LogP contribution < -0.4 is 10.1 Å². The Morgan fingerprint density at radius 2 is 1.59 bits per heavy atom. The van der Waals surface area contributed by atoms with Crippen molar-refractivity contribution in [1.82, 2.24) is 10.2 Å². The molecule has 4 rings (SSSR count). The second-order valence-electron chi connectivity index (χ2n) is 5.81. The molecule has 27 heavy (non-hydrogen) atoms. The van der Waals surface area contributed by atoms with Crippen molar-refractivity contribution in [2.24, 2.45) is 0 Å². The van der Waals surface area contributed by atoms with Crippen molar-refractivity contribution in [2.45, 2.75) is 6.61 Å². The molecule has 0 fully saturated rings. The summed E-state index contributed by atoms with van der Waals surface area (Å²) in [5.41, 5.74) is 2.96. The standard InChI is InChI=1S/C21H16ClN3OS/c22-16-10-12-17(13-11-16)23-21-25-24-20(27-21)18-8-4-5-9-19(18)26-14-15-6-2-1-3-7-15/h1-13H,14H2,(H,23,25). The Kier molecular flexibility index (Phi) is 5.32. The predicted molar refractivity (Wildman–Crippen MR) is 111 cm³/mol. The predicted octanol–water partition coefficient (Wildman–Crippen LogP) is 6.18. The van der Waals surface area contributed by atoms with E-state index in [2.05, 4.69) is 15.5 Å². The molecule has 1 heterocycles. The smallest absolute Gasteiger partial charge is 0.210 e. The number of halogens is 1. The molecule has 0 aliphatic heterocycles. The minimum atomic E-state index is 0.506. The number of nitrogens with one attached hydrogen (secondary N) is 1. The normalized spacial score (nSPS) is 10.6. The molecule has 3 aromatic carbocycles. The Hall–Kier alpha value is -2.89. The van der Waals surface area contributed by atoms with E-state index in [1.54, 1.807) is 0 Å². The highest BCUT2D eigenvalue weighted by Crippen LogP contribution is 2.34. The first-order valence-corrected chi connectivity index (χ1v) is 9.59. The lowest BCUT2D eigenvalue weighted by Gasteiger charge is -2.09. The summed E-state index contributed by atoms with van der Waals surface area (Å²) in [5, 5.41) is 14.0. The van der Waals surface area contributed by atoms with Crippen molar-refractivity contribution < 1.29 is 4.74 Å². The van der Waals surface area contributed by atoms with Crippen molar-refractivity contribution in [3.63, 3.8) is 0 Å². The summed E-state index contributed by atoms with van der Waals surface area (Å²) in [4.78, 5) is 0. The van der Waals surface area contributed by atoms with E-state index < -0.39 is 0 Å². The quantitative estimate of drug-likeness (QED) is 0.424. The van der Waals surface area contributed by atoms with Crippen LogP contribution in [0, 0.1) is 0 Å². The van der Waals surface area contributed by atoms with E-state index in [9.17, 15) is 0 Å². The maximum atomic E-state index is 6.02. The van der Waals surface area contributed by atoms with E-state index in [1.807, 2.05) is 78.9 Å². The maximum Gasteiger partial charge on any atom is 0.210 e. The molecular formula is C21H16ClN3OS. The molecule has 0 saturated heterocycles. The molecule has 6 heteroatoms. The van der Waals surface area contributed by atoms with Crippen LogP contribution in [-0.2, 0) is 6.61 Å². The molecule has 1 N–H and O–H groups in total. The molecule has 0 aliphatic rings. The van der Waals surface area contributed by atoms with Gasteiger partial charge >= 0.3 is 0 Å². The Labute approximate surface area is 166 Å².